The van der Waals surface area contributed by atoms with Gasteiger partial charge in [-0.25, -0.2) is 4.79 Å². The van der Waals surface area contributed by atoms with Crippen LogP contribution in [0.5, 0.6) is 0 Å². The molecule has 25 heavy (non-hydrogen) atoms. The maximum absolute atomic E-state index is 12.6. The average Bonchev–Trinajstić information content (AvgIpc) is 2.65. The van der Waals surface area contributed by atoms with Gasteiger partial charge in [-0.15, -0.1) is 0 Å². The molecule has 0 saturated carbocycles. The fraction of sp³-hybridized carbons (Fsp3) is 0.333. The molecule has 2 aromatic rings. The number of pyridine rings is 2. The molecular weight excluding hydrogens is 318 g/mol. The zero-order valence-corrected chi connectivity index (χ0v) is 14.4. The van der Waals surface area contributed by atoms with Crippen molar-refractivity contribution in [1.82, 2.24) is 25.1 Å². The largest absolute Gasteiger partial charge is 0.348 e. The van der Waals surface area contributed by atoms with Gasteiger partial charge in [0.15, 0.2) is 0 Å². The number of hydrogen-bond donors (Lipinski definition) is 1. The third kappa shape index (κ3) is 3.76. The highest BCUT2D eigenvalue weighted by atomic mass is 16.2. The minimum Gasteiger partial charge on any atom is -0.348 e. The van der Waals surface area contributed by atoms with Crippen LogP contribution in [0.1, 0.15) is 27.0 Å². The summed E-state index contributed by atoms with van der Waals surface area (Å²) in [6, 6.07) is 3.70. The monoisotopic (exact) mass is 339 g/mol. The molecule has 0 spiro atoms. The third-order valence-corrected chi connectivity index (χ3v) is 4.24. The molecule has 7 heteroatoms. The van der Waals surface area contributed by atoms with Crippen LogP contribution in [0.15, 0.2) is 36.9 Å². The predicted octanol–water partition coefficient (Wildman–Crippen LogP) is 1.45. The van der Waals surface area contributed by atoms with Gasteiger partial charge in [0.25, 0.3) is 5.91 Å². The van der Waals surface area contributed by atoms with Gasteiger partial charge in [0.1, 0.15) is 0 Å². The molecule has 2 aromatic heterocycles. The molecule has 1 N–H and O–H groups in total. The van der Waals surface area contributed by atoms with Crippen molar-refractivity contribution in [2.24, 2.45) is 0 Å². The molecule has 7 nitrogen and oxygen atoms in total. The van der Waals surface area contributed by atoms with E-state index in [-0.39, 0.29) is 11.9 Å². The Kier molecular flexibility index (Phi) is 4.92. The van der Waals surface area contributed by atoms with Crippen molar-refractivity contribution in [3.63, 3.8) is 0 Å². The molecule has 0 unspecified atom stereocenters. The van der Waals surface area contributed by atoms with Gasteiger partial charge >= 0.3 is 6.03 Å². The van der Waals surface area contributed by atoms with Gasteiger partial charge in [-0.05, 0) is 35.2 Å². The molecule has 130 valence electrons. The van der Waals surface area contributed by atoms with Crippen LogP contribution in [0, 0.1) is 0 Å². The van der Waals surface area contributed by atoms with Gasteiger partial charge in [-0.1, -0.05) is 0 Å². The lowest BCUT2D eigenvalue weighted by molar-refractivity contribution is 0.0948. The van der Waals surface area contributed by atoms with E-state index in [4.69, 9.17) is 0 Å². The number of fused-ring (bicyclic) bond motifs is 1. The summed E-state index contributed by atoms with van der Waals surface area (Å²) in [6.45, 7) is 1.51. The Morgan fingerprint density at radius 3 is 2.68 bits per heavy atom. The number of aromatic nitrogens is 2. The Morgan fingerprint density at radius 2 is 1.96 bits per heavy atom. The molecule has 3 rings (SSSR count). The number of amides is 3. The summed E-state index contributed by atoms with van der Waals surface area (Å²) in [7, 11) is 3.47. The number of urea groups is 1. The highest BCUT2D eigenvalue weighted by molar-refractivity contribution is 5.95. The molecule has 0 radical (unpaired) electrons. The van der Waals surface area contributed by atoms with Crippen molar-refractivity contribution in [3.05, 3.63) is 59.2 Å². The first kappa shape index (κ1) is 16.9. The maximum Gasteiger partial charge on any atom is 0.319 e. The number of nitrogens with one attached hydrogen (secondary N) is 1. The van der Waals surface area contributed by atoms with Crippen molar-refractivity contribution in [2.45, 2.75) is 19.5 Å². The molecule has 3 amide bonds. The minimum atomic E-state index is -0.145. The van der Waals surface area contributed by atoms with Gasteiger partial charge < -0.3 is 15.1 Å². The maximum atomic E-state index is 12.6. The van der Waals surface area contributed by atoms with Crippen molar-refractivity contribution >= 4 is 11.9 Å². The SMILES string of the molecule is CN(C)C(=O)N1CCc2c(cncc2C(=O)NCc2ccncc2)C1. The summed E-state index contributed by atoms with van der Waals surface area (Å²) in [5, 5.41) is 2.92. The smallest absolute Gasteiger partial charge is 0.319 e. The highest BCUT2D eigenvalue weighted by Gasteiger charge is 2.25. The summed E-state index contributed by atoms with van der Waals surface area (Å²) >= 11 is 0. The lowest BCUT2D eigenvalue weighted by Crippen LogP contribution is -2.42. The standard InChI is InChI=1S/C18H21N5O2/c1-22(2)18(25)23-8-5-15-14(12-23)10-20-11-16(15)17(24)21-9-13-3-6-19-7-4-13/h3-4,6-7,10-11H,5,8-9,12H2,1-2H3,(H,21,24). The van der Waals surface area contributed by atoms with Gasteiger partial charge in [0, 0.05) is 58.5 Å². The van der Waals surface area contributed by atoms with E-state index in [9.17, 15) is 9.59 Å². The quantitative estimate of drug-likeness (QED) is 0.918. The van der Waals surface area contributed by atoms with Crippen LogP contribution in [0.2, 0.25) is 0 Å². The number of rotatable bonds is 3. The number of carbonyl (C=O) groups is 2. The van der Waals surface area contributed by atoms with Crippen LogP contribution in [0.25, 0.3) is 0 Å². The number of hydrogen-bond acceptors (Lipinski definition) is 4. The van der Waals surface area contributed by atoms with E-state index < -0.39 is 0 Å². The normalized spacial score (nSPS) is 13.1. The van der Waals surface area contributed by atoms with E-state index in [1.165, 1.54) is 0 Å². The Bertz CT molecular complexity index is 776. The predicted molar refractivity (Wildman–Crippen MR) is 92.8 cm³/mol. The van der Waals surface area contributed by atoms with E-state index in [0.29, 0.717) is 31.6 Å². The van der Waals surface area contributed by atoms with E-state index in [0.717, 1.165) is 16.7 Å². The second-order valence-electron chi connectivity index (χ2n) is 6.21. The van der Waals surface area contributed by atoms with Crippen LogP contribution in [-0.2, 0) is 19.5 Å². The molecule has 0 fully saturated rings. The third-order valence-electron chi connectivity index (χ3n) is 4.24. The topological polar surface area (TPSA) is 78.4 Å². The Labute approximate surface area is 146 Å². The van der Waals surface area contributed by atoms with Crippen LogP contribution in [0.4, 0.5) is 4.79 Å². The van der Waals surface area contributed by atoms with E-state index in [1.54, 1.807) is 48.7 Å². The summed E-state index contributed by atoms with van der Waals surface area (Å²) in [5.41, 5.74) is 3.48. The molecule has 1 aliphatic heterocycles. The molecular formula is C18H21N5O2. The fourth-order valence-electron chi connectivity index (χ4n) is 2.91. The Morgan fingerprint density at radius 1 is 1.20 bits per heavy atom. The van der Waals surface area contributed by atoms with Crippen molar-refractivity contribution < 1.29 is 9.59 Å². The zero-order chi connectivity index (χ0) is 17.8. The highest BCUT2D eigenvalue weighted by Crippen LogP contribution is 2.22. The van der Waals surface area contributed by atoms with Gasteiger partial charge in [0.05, 0.1) is 5.56 Å². The number of nitrogens with zero attached hydrogens (tertiary/aromatic N) is 4. The lowest BCUT2D eigenvalue weighted by atomic mass is 9.97. The van der Waals surface area contributed by atoms with E-state index >= 15 is 0 Å². The molecule has 1 aliphatic rings. The molecule has 3 heterocycles. The Balaban J connectivity index is 1.73. The van der Waals surface area contributed by atoms with Gasteiger partial charge in [-0.2, -0.15) is 0 Å². The van der Waals surface area contributed by atoms with Crippen LogP contribution >= 0.6 is 0 Å². The summed E-state index contributed by atoms with van der Waals surface area (Å²) in [4.78, 5) is 36.2. The first-order chi connectivity index (χ1) is 12.1. The second-order valence-corrected chi connectivity index (χ2v) is 6.21. The second kappa shape index (κ2) is 7.29. The first-order valence-corrected chi connectivity index (χ1v) is 8.15. The van der Waals surface area contributed by atoms with E-state index in [2.05, 4.69) is 15.3 Å². The van der Waals surface area contributed by atoms with Crippen LogP contribution in [0.3, 0.4) is 0 Å². The van der Waals surface area contributed by atoms with E-state index in [1.807, 2.05) is 12.1 Å². The van der Waals surface area contributed by atoms with Crippen molar-refractivity contribution in [1.29, 1.82) is 0 Å². The van der Waals surface area contributed by atoms with Gasteiger partial charge in [-0.3, -0.25) is 14.8 Å². The molecule has 0 aliphatic carbocycles. The average molecular weight is 339 g/mol. The molecule has 0 saturated heterocycles. The van der Waals surface area contributed by atoms with Crippen LogP contribution < -0.4 is 5.32 Å². The molecule has 0 bridgehead atoms. The van der Waals surface area contributed by atoms with Gasteiger partial charge in [0.2, 0.25) is 0 Å². The fourth-order valence-corrected chi connectivity index (χ4v) is 2.91. The lowest BCUT2D eigenvalue weighted by Gasteiger charge is -2.31. The van der Waals surface area contributed by atoms with Crippen molar-refractivity contribution in [3.8, 4) is 0 Å². The summed E-state index contributed by atoms with van der Waals surface area (Å²) < 4.78 is 0. The number of carbonyl (C=O) groups excluding carboxylic acids is 2. The summed E-state index contributed by atoms with van der Waals surface area (Å²) in [6.07, 6.45) is 7.39. The first-order valence-electron chi connectivity index (χ1n) is 8.15. The van der Waals surface area contributed by atoms with Crippen molar-refractivity contribution in [2.75, 3.05) is 20.6 Å². The molecule has 0 aromatic carbocycles. The minimum absolute atomic E-state index is 0.0295. The van der Waals surface area contributed by atoms with Crippen LogP contribution in [-0.4, -0.2) is 52.3 Å². The summed E-state index contributed by atoms with van der Waals surface area (Å²) in [5.74, 6) is -0.145. The zero-order valence-electron chi connectivity index (χ0n) is 14.4. The molecule has 0 atom stereocenters. The Hall–Kier alpha value is -2.96.